The van der Waals surface area contributed by atoms with E-state index in [1.807, 2.05) is 24.4 Å². The van der Waals surface area contributed by atoms with Crippen LogP contribution >= 0.6 is 11.3 Å². The third-order valence-corrected chi connectivity index (χ3v) is 5.70. The number of nitrogens with zero attached hydrogens (tertiary/aromatic N) is 3. The summed E-state index contributed by atoms with van der Waals surface area (Å²) in [5.41, 5.74) is 0.498. The monoisotopic (exact) mass is 370 g/mol. The zero-order chi connectivity index (χ0) is 17.9. The fraction of sp³-hybridized carbons (Fsp3) is 0.368. The highest BCUT2D eigenvalue weighted by Gasteiger charge is 2.28. The van der Waals surface area contributed by atoms with Crippen LogP contribution < -0.4 is 5.32 Å². The average molecular weight is 370 g/mol. The van der Waals surface area contributed by atoms with Crippen molar-refractivity contribution in [3.05, 3.63) is 64.3 Å². The van der Waals surface area contributed by atoms with E-state index < -0.39 is 0 Å². The van der Waals surface area contributed by atoms with Crippen molar-refractivity contribution in [2.24, 2.45) is 0 Å². The molecule has 0 saturated heterocycles. The lowest BCUT2D eigenvalue weighted by Gasteiger charge is -2.32. The van der Waals surface area contributed by atoms with Gasteiger partial charge in [-0.05, 0) is 36.9 Å². The Morgan fingerprint density at radius 2 is 2.31 bits per heavy atom. The number of nitrogens with one attached hydrogen (secondary N) is 1. The minimum absolute atomic E-state index is 0.103. The van der Waals surface area contributed by atoms with Crippen LogP contribution in [-0.2, 0) is 19.5 Å². The topological polar surface area (TPSA) is 63.3 Å². The molecule has 0 bridgehead atoms. The molecule has 3 aromatic rings. The van der Waals surface area contributed by atoms with E-state index >= 15 is 0 Å². The molecule has 1 atom stereocenters. The summed E-state index contributed by atoms with van der Waals surface area (Å²) in [5.74, 6) is 1.78. The smallest absolute Gasteiger partial charge is 0.271 e. The summed E-state index contributed by atoms with van der Waals surface area (Å²) >= 11 is 1.71. The predicted molar refractivity (Wildman–Crippen MR) is 100 cm³/mol. The Labute approximate surface area is 156 Å². The lowest BCUT2D eigenvalue weighted by atomic mass is 10.2. The van der Waals surface area contributed by atoms with Gasteiger partial charge < -0.3 is 14.3 Å². The number of amides is 1. The first-order valence-electron chi connectivity index (χ1n) is 8.85. The highest BCUT2D eigenvalue weighted by Crippen LogP contribution is 2.26. The van der Waals surface area contributed by atoms with Crippen molar-refractivity contribution in [3.63, 3.8) is 0 Å². The zero-order valence-electron chi connectivity index (χ0n) is 14.7. The fourth-order valence-electron chi connectivity index (χ4n) is 3.31. The number of rotatable bonds is 6. The van der Waals surface area contributed by atoms with Crippen molar-refractivity contribution in [3.8, 4) is 0 Å². The lowest BCUT2D eigenvalue weighted by molar-refractivity contribution is 0.0949. The Morgan fingerprint density at radius 1 is 1.38 bits per heavy atom. The molecule has 1 aliphatic rings. The zero-order valence-corrected chi connectivity index (χ0v) is 15.5. The van der Waals surface area contributed by atoms with Crippen molar-refractivity contribution in [1.29, 1.82) is 0 Å². The van der Waals surface area contributed by atoms with Gasteiger partial charge in [0, 0.05) is 30.7 Å². The van der Waals surface area contributed by atoms with Crippen LogP contribution in [0.15, 0.2) is 46.5 Å². The maximum absolute atomic E-state index is 12.4. The molecule has 0 saturated carbocycles. The molecule has 0 unspecified atom stereocenters. The Balaban J connectivity index is 1.39. The molecule has 0 fully saturated rings. The molecule has 0 aliphatic carbocycles. The second-order valence-corrected chi connectivity index (χ2v) is 7.52. The number of furan rings is 1. The van der Waals surface area contributed by atoms with E-state index in [4.69, 9.17) is 4.42 Å². The highest BCUT2D eigenvalue weighted by atomic mass is 32.1. The molecule has 6 nitrogen and oxygen atoms in total. The van der Waals surface area contributed by atoms with Crippen LogP contribution in [0.25, 0.3) is 0 Å². The van der Waals surface area contributed by atoms with Gasteiger partial charge in [0.05, 0.1) is 18.8 Å². The van der Waals surface area contributed by atoms with Gasteiger partial charge in [0.25, 0.3) is 5.91 Å². The Morgan fingerprint density at radius 3 is 3.08 bits per heavy atom. The van der Waals surface area contributed by atoms with Crippen LogP contribution in [-0.4, -0.2) is 33.4 Å². The molecule has 3 aromatic heterocycles. The maximum atomic E-state index is 12.4. The van der Waals surface area contributed by atoms with E-state index in [-0.39, 0.29) is 11.9 Å². The van der Waals surface area contributed by atoms with Gasteiger partial charge >= 0.3 is 0 Å². The molecular formula is C19H22N4O2S. The quantitative estimate of drug-likeness (QED) is 0.724. The van der Waals surface area contributed by atoms with Gasteiger partial charge in [0.15, 0.2) is 0 Å². The van der Waals surface area contributed by atoms with Crippen molar-refractivity contribution in [2.45, 2.75) is 32.5 Å². The molecule has 0 spiro atoms. The van der Waals surface area contributed by atoms with Crippen molar-refractivity contribution in [2.75, 3.05) is 13.1 Å². The molecule has 26 heavy (non-hydrogen) atoms. The van der Waals surface area contributed by atoms with E-state index in [1.165, 1.54) is 4.88 Å². The van der Waals surface area contributed by atoms with Crippen LogP contribution in [0.3, 0.4) is 0 Å². The summed E-state index contributed by atoms with van der Waals surface area (Å²) in [4.78, 5) is 20.6. The SMILES string of the molecule is C[C@H]1c2nc(C(=O)NCCc3cccs3)cn2CCN1Cc1ccco1. The molecule has 1 N–H and O–H groups in total. The van der Waals surface area contributed by atoms with Crippen LogP contribution in [0.4, 0.5) is 0 Å². The highest BCUT2D eigenvalue weighted by molar-refractivity contribution is 7.09. The number of fused-ring (bicyclic) bond motifs is 1. The predicted octanol–water partition coefficient (Wildman–Crippen LogP) is 3.09. The Kier molecular flexibility index (Phi) is 4.90. The molecule has 4 rings (SSSR count). The van der Waals surface area contributed by atoms with E-state index in [9.17, 15) is 4.79 Å². The number of thiophene rings is 1. The van der Waals surface area contributed by atoms with Crippen LogP contribution in [0.5, 0.6) is 0 Å². The van der Waals surface area contributed by atoms with E-state index in [2.05, 4.69) is 38.1 Å². The van der Waals surface area contributed by atoms with Crippen molar-refractivity contribution >= 4 is 17.2 Å². The standard InChI is InChI=1S/C19H22N4O2S/c1-14-18-21-17(19(24)20-7-6-16-5-3-11-26-16)13-23(18)9-8-22(14)12-15-4-2-10-25-15/h2-5,10-11,13-14H,6-9,12H2,1H3,(H,20,24)/t14-/m0/s1. The summed E-state index contributed by atoms with van der Waals surface area (Å²) < 4.78 is 7.55. The average Bonchev–Trinajstić information content (AvgIpc) is 3.38. The van der Waals surface area contributed by atoms with E-state index in [1.54, 1.807) is 17.6 Å². The molecule has 4 heterocycles. The number of carbonyl (C=O) groups is 1. The first kappa shape index (κ1) is 17.1. The Bertz CT molecular complexity index is 854. The summed E-state index contributed by atoms with van der Waals surface area (Å²) in [6.45, 7) is 5.24. The summed E-state index contributed by atoms with van der Waals surface area (Å²) in [7, 11) is 0. The fourth-order valence-corrected chi connectivity index (χ4v) is 4.02. The van der Waals surface area contributed by atoms with Gasteiger partial charge in [-0.3, -0.25) is 9.69 Å². The minimum atomic E-state index is -0.103. The molecular weight excluding hydrogens is 348 g/mol. The number of aromatic nitrogens is 2. The Hall–Kier alpha value is -2.38. The molecule has 7 heteroatoms. The van der Waals surface area contributed by atoms with Gasteiger partial charge in [0.1, 0.15) is 17.3 Å². The van der Waals surface area contributed by atoms with Gasteiger partial charge in [-0.15, -0.1) is 11.3 Å². The summed E-state index contributed by atoms with van der Waals surface area (Å²) in [5, 5.41) is 5.02. The maximum Gasteiger partial charge on any atom is 0.271 e. The molecule has 0 aromatic carbocycles. The lowest BCUT2D eigenvalue weighted by Crippen LogP contribution is -2.36. The second-order valence-electron chi connectivity index (χ2n) is 6.49. The van der Waals surface area contributed by atoms with Crippen LogP contribution in [0.2, 0.25) is 0 Å². The van der Waals surface area contributed by atoms with Gasteiger partial charge in [-0.2, -0.15) is 0 Å². The van der Waals surface area contributed by atoms with Crippen molar-refractivity contribution < 1.29 is 9.21 Å². The molecule has 136 valence electrons. The summed E-state index contributed by atoms with van der Waals surface area (Å²) in [6.07, 6.45) is 4.42. The second kappa shape index (κ2) is 7.47. The van der Waals surface area contributed by atoms with E-state index in [0.29, 0.717) is 12.2 Å². The third-order valence-electron chi connectivity index (χ3n) is 4.77. The number of hydrogen-bond acceptors (Lipinski definition) is 5. The normalized spacial score (nSPS) is 17.2. The van der Waals surface area contributed by atoms with Crippen LogP contribution in [0.1, 0.15) is 39.9 Å². The molecule has 1 aliphatic heterocycles. The van der Waals surface area contributed by atoms with Gasteiger partial charge in [-0.1, -0.05) is 6.07 Å². The number of hydrogen-bond donors (Lipinski definition) is 1. The minimum Gasteiger partial charge on any atom is -0.468 e. The first-order valence-corrected chi connectivity index (χ1v) is 9.73. The van der Waals surface area contributed by atoms with Crippen molar-refractivity contribution in [1.82, 2.24) is 19.8 Å². The van der Waals surface area contributed by atoms with E-state index in [0.717, 1.165) is 37.6 Å². The molecule has 1 amide bonds. The number of carbonyl (C=O) groups excluding carboxylic acids is 1. The largest absolute Gasteiger partial charge is 0.468 e. The number of imidazole rings is 1. The first-order chi connectivity index (χ1) is 12.7. The van der Waals surface area contributed by atoms with Gasteiger partial charge in [-0.25, -0.2) is 4.98 Å². The molecule has 0 radical (unpaired) electrons. The van der Waals surface area contributed by atoms with Gasteiger partial charge in [0.2, 0.25) is 0 Å². The third kappa shape index (κ3) is 3.59. The summed E-state index contributed by atoms with van der Waals surface area (Å²) in [6, 6.07) is 8.15. The van der Waals surface area contributed by atoms with Crippen LogP contribution in [0, 0.1) is 0 Å².